The van der Waals surface area contributed by atoms with Gasteiger partial charge in [0.05, 0.1) is 18.8 Å². The molecule has 1 N–H and O–H groups in total. The molecule has 7 nitrogen and oxygen atoms in total. The molecule has 1 aromatic rings. The highest BCUT2D eigenvalue weighted by molar-refractivity contribution is 5.90. The molecule has 0 spiro atoms. The first-order valence-electron chi connectivity index (χ1n) is 6.75. The molecule has 1 saturated heterocycles. The van der Waals surface area contributed by atoms with Crippen molar-refractivity contribution in [1.29, 1.82) is 0 Å². The number of amides is 2. The third-order valence-corrected chi connectivity index (χ3v) is 3.07. The zero-order chi connectivity index (χ0) is 17.0. The highest BCUT2D eigenvalue weighted by Gasteiger charge is 2.33. The van der Waals surface area contributed by atoms with Crippen LogP contribution >= 0.6 is 0 Å². The maximum Gasteiger partial charge on any atom is 0.414 e. The lowest BCUT2D eigenvalue weighted by Crippen LogP contribution is -2.33. The fourth-order valence-corrected chi connectivity index (χ4v) is 2.05. The number of nitrogens with one attached hydrogen (secondary N) is 1. The fourth-order valence-electron chi connectivity index (χ4n) is 2.05. The van der Waals surface area contributed by atoms with Gasteiger partial charge in [-0.2, -0.15) is 0 Å². The molecule has 126 valence electrons. The second-order valence-corrected chi connectivity index (χ2v) is 4.84. The normalized spacial score (nSPS) is 17.1. The molecule has 0 saturated carbocycles. The number of carbonyl (C=O) groups is 2. The second-order valence-electron chi connectivity index (χ2n) is 4.84. The number of benzene rings is 1. The van der Waals surface area contributed by atoms with Crippen LogP contribution in [-0.2, 0) is 14.3 Å². The van der Waals surface area contributed by atoms with Gasteiger partial charge in [0, 0.05) is 26.2 Å². The predicted octanol–water partition coefficient (Wildman–Crippen LogP) is 1.41. The minimum atomic E-state index is -0.963. The maximum atomic E-state index is 13.9. The summed E-state index contributed by atoms with van der Waals surface area (Å²) in [5.74, 6) is -2.78. The van der Waals surface area contributed by atoms with Gasteiger partial charge in [-0.3, -0.25) is 9.69 Å². The summed E-state index contributed by atoms with van der Waals surface area (Å²) in [6.45, 7) is 1.21. The summed E-state index contributed by atoms with van der Waals surface area (Å²) in [6, 6.07) is 1.94. The number of methoxy groups -OCH3 is 1. The van der Waals surface area contributed by atoms with E-state index in [4.69, 9.17) is 9.47 Å². The van der Waals surface area contributed by atoms with Crippen molar-refractivity contribution in [1.82, 2.24) is 5.32 Å². The molecule has 2 amide bonds. The molecule has 0 radical (unpaired) electrons. The molecule has 9 heteroatoms. The summed E-state index contributed by atoms with van der Waals surface area (Å²) in [5, 5.41) is 2.51. The molecule has 1 aliphatic heterocycles. The standard InChI is InChI=1S/C14H16F2N2O5/c1-8(19)17-5-10-6-18(14(20)23-10)9-3-11(15)13(12(16)4-9)22-7-21-2/h3-4,10H,5-7H2,1-2H3,(H,17,19)/t10-/m0/s1. The number of rotatable bonds is 6. The number of cyclic esters (lactones) is 1. The highest BCUT2D eigenvalue weighted by Crippen LogP contribution is 2.30. The molecule has 0 bridgehead atoms. The van der Waals surface area contributed by atoms with Crippen molar-refractivity contribution < 1.29 is 32.6 Å². The average molecular weight is 330 g/mol. The van der Waals surface area contributed by atoms with E-state index in [2.05, 4.69) is 10.1 Å². The summed E-state index contributed by atoms with van der Waals surface area (Å²) < 4.78 is 42.2. The van der Waals surface area contributed by atoms with E-state index in [0.29, 0.717) is 0 Å². The Kier molecular flexibility index (Phi) is 5.32. The first-order valence-corrected chi connectivity index (χ1v) is 6.75. The molecule has 2 rings (SSSR count). The number of halogens is 2. The van der Waals surface area contributed by atoms with Crippen LogP contribution in [0.2, 0.25) is 0 Å². The van der Waals surface area contributed by atoms with Crippen LogP contribution in [0.1, 0.15) is 6.92 Å². The number of nitrogens with zero attached hydrogens (tertiary/aromatic N) is 1. The number of carbonyl (C=O) groups excluding carboxylic acids is 2. The van der Waals surface area contributed by atoms with Gasteiger partial charge in [0.2, 0.25) is 5.91 Å². The van der Waals surface area contributed by atoms with Crippen LogP contribution in [0.25, 0.3) is 0 Å². The molecular formula is C14H16F2N2O5. The van der Waals surface area contributed by atoms with Crippen LogP contribution < -0.4 is 15.0 Å². The second kappa shape index (κ2) is 7.23. The largest absolute Gasteiger partial charge is 0.461 e. The lowest BCUT2D eigenvalue weighted by Gasteiger charge is -2.15. The zero-order valence-corrected chi connectivity index (χ0v) is 12.6. The summed E-state index contributed by atoms with van der Waals surface area (Å²) in [6.07, 6.45) is -1.34. The van der Waals surface area contributed by atoms with Crippen LogP contribution in [0.3, 0.4) is 0 Å². The van der Waals surface area contributed by atoms with Gasteiger partial charge in [-0.25, -0.2) is 13.6 Å². The molecular weight excluding hydrogens is 314 g/mol. The molecule has 1 fully saturated rings. The molecule has 1 atom stereocenters. The zero-order valence-electron chi connectivity index (χ0n) is 12.6. The Labute approximate surface area is 131 Å². The van der Waals surface area contributed by atoms with Crippen molar-refractivity contribution in [3.8, 4) is 5.75 Å². The lowest BCUT2D eigenvalue weighted by atomic mass is 10.2. The van der Waals surface area contributed by atoms with Gasteiger partial charge in [-0.15, -0.1) is 0 Å². The minimum absolute atomic E-state index is 0.0000850. The van der Waals surface area contributed by atoms with Crippen molar-refractivity contribution in [2.45, 2.75) is 13.0 Å². The Morgan fingerprint density at radius 1 is 1.43 bits per heavy atom. The van der Waals surface area contributed by atoms with Gasteiger partial charge in [0.25, 0.3) is 0 Å². The van der Waals surface area contributed by atoms with Gasteiger partial charge in [-0.05, 0) is 0 Å². The van der Waals surface area contributed by atoms with E-state index < -0.39 is 29.6 Å². The number of anilines is 1. The Morgan fingerprint density at radius 3 is 2.65 bits per heavy atom. The molecule has 1 aliphatic rings. The predicted molar refractivity (Wildman–Crippen MR) is 75.2 cm³/mol. The van der Waals surface area contributed by atoms with E-state index in [0.717, 1.165) is 17.0 Å². The van der Waals surface area contributed by atoms with Crippen molar-refractivity contribution in [3.05, 3.63) is 23.8 Å². The van der Waals surface area contributed by atoms with Crippen molar-refractivity contribution in [2.24, 2.45) is 0 Å². The maximum absolute atomic E-state index is 13.9. The molecule has 0 unspecified atom stereocenters. The fraction of sp³-hybridized carbons (Fsp3) is 0.429. The van der Waals surface area contributed by atoms with Gasteiger partial charge in [-0.1, -0.05) is 0 Å². The van der Waals surface area contributed by atoms with Crippen LogP contribution in [0.4, 0.5) is 19.3 Å². The van der Waals surface area contributed by atoms with E-state index in [9.17, 15) is 18.4 Å². The first kappa shape index (κ1) is 16.9. The van der Waals surface area contributed by atoms with Gasteiger partial charge >= 0.3 is 6.09 Å². The monoisotopic (exact) mass is 330 g/mol. The van der Waals surface area contributed by atoms with Crippen LogP contribution in [-0.4, -0.2) is 45.1 Å². The lowest BCUT2D eigenvalue weighted by molar-refractivity contribution is -0.119. The number of hydrogen-bond acceptors (Lipinski definition) is 5. The van der Waals surface area contributed by atoms with Crippen molar-refractivity contribution >= 4 is 17.7 Å². The number of ether oxygens (including phenoxy) is 3. The summed E-state index contributed by atoms with van der Waals surface area (Å²) in [4.78, 5) is 23.7. The average Bonchev–Trinajstić information content (AvgIpc) is 2.85. The third-order valence-electron chi connectivity index (χ3n) is 3.07. The highest BCUT2D eigenvalue weighted by atomic mass is 19.1. The van der Waals surface area contributed by atoms with E-state index in [1.807, 2.05) is 0 Å². The van der Waals surface area contributed by atoms with E-state index in [-0.39, 0.29) is 31.5 Å². The van der Waals surface area contributed by atoms with E-state index in [1.54, 1.807) is 0 Å². The summed E-state index contributed by atoms with van der Waals surface area (Å²) in [5.41, 5.74) is 0.0000850. The van der Waals surface area contributed by atoms with Crippen LogP contribution in [0.5, 0.6) is 5.75 Å². The van der Waals surface area contributed by atoms with Crippen molar-refractivity contribution in [2.75, 3.05) is 31.9 Å². The van der Waals surface area contributed by atoms with Gasteiger partial charge in [0.1, 0.15) is 6.10 Å². The van der Waals surface area contributed by atoms with Gasteiger partial charge in [0.15, 0.2) is 24.2 Å². The Bertz CT molecular complexity index is 588. The summed E-state index contributed by atoms with van der Waals surface area (Å²) >= 11 is 0. The molecule has 23 heavy (non-hydrogen) atoms. The molecule has 0 aromatic heterocycles. The van der Waals surface area contributed by atoms with Gasteiger partial charge < -0.3 is 19.5 Å². The smallest absolute Gasteiger partial charge is 0.414 e. The van der Waals surface area contributed by atoms with E-state index in [1.165, 1.54) is 14.0 Å². The van der Waals surface area contributed by atoms with Crippen LogP contribution in [0.15, 0.2) is 12.1 Å². The Hall–Kier alpha value is -2.42. The Balaban J connectivity index is 2.12. The SMILES string of the molecule is COCOc1c(F)cc(N2C[C@H](CNC(C)=O)OC2=O)cc1F. The van der Waals surface area contributed by atoms with Crippen molar-refractivity contribution in [3.63, 3.8) is 0 Å². The topological polar surface area (TPSA) is 77.1 Å². The van der Waals surface area contributed by atoms with E-state index >= 15 is 0 Å². The molecule has 1 aromatic carbocycles. The first-order chi connectivity index (χ1) is 10.9. The molecule has 1 heterocycles. The van der Waals surface area contributed by atoms with Crippen LogP contribution in [0, 0.1) is 11.6 Å². The summed E-state index contributed by atoms with van der Waals surface area (Å²) in [7, 11) is 1.32. The minimum Gasteiger partial charge on any atom is -0.461 e. The third kappa shape index (κ3) is 4.07. The quantitative estimate of drug-likeness (QED) is 0.798. The Morgan fingerprint density at radius 2 is 2.09 bits per heavy atom. The molecule has 0 aliphatic carbocycles. The number of hydrogen-bond donors (Lipinski definition) is 1.